The molecule has 1 atom stereocenters. The highest BCUT2D eigenvalue weighted by Gasteiger charge is 2.19. The highest BCUT2D eigenvalue weighted by Crippen LogP contribution is 2.35. The van der Waals surface area contributed by atoms with Gasteiger partial charge in [-0.25, -0.2) is 29.1 Å². The molecule has 0 aliphatic rings. The molecule has 0 radical (unpaired) electrons. The quantitative estimate of drug-likeness (QED) is 0.195. The zero-order valence-corrected chi connectivity index (χ0v) is 25.9. The number of hydrogen-bond acceptors (Lipinski definition) is 12. The Morgan fingerprint density at radius 2 is 1.89 bits per heavy atom. The van der Waals surface area contributed by atoms with Crippen molar-refractivity contribution >= 4 is 50.4 Å². The highest BCUT2D eigenvalue weighted by atomic mass is 32.1. The Morgan fingerprint density at radius 1 is 1.09 bits per heavy atom. The van der Waals surface area contributed by atoms with Crippen LogP contribution >= 0.6 is 11.3 Å². The molecule has 4 aromatic heterocycles. The normalized spacial score (nSPS) is 12.2. The van der Waals surface area contributed by atoms with E-state index in [0.717, 1.165) is 11.1 Å². The van der Waals surface area contributed by atoms with Crippen LogP contribution in [0.4, 0.5) is 14.9 Å². The molecular formula is C30H30FN7O6S. The first kappa shape index (κ1) is 31.4. The number of fused-ring (bicyclic) bond motifs is 2. The van der Waals surface area contributed by atoms with Crippen LogP contribution in [-0.4, -0.2) is 74.0 Å². The number of carbonyl (C=O) groups is 2. The van der Waals surface area contributed by atoms with E-state index in [4.69, 9.17) is 14.2 Å². The number of nitrogens with one attached hydrogen (secondary N) is 2. The van der Waals surface area contributed by atoms with Crippen LogP contribution < -0.4 is 20.1 Å². The van der Waals surface area contributed by atoms with Crippen LogP contribution in [0.5, 0.6) is 11.8 Å². The number of hydrogen-bond donors (Lipinski definition) is 3. The zero-order valence-electron chi connectivity index (χ0n) is 25.0. The smallest absolute Gasteiger partial charge is 0.412 e. The van der Waals surface area contributed by atoms with E-state index in [2.05, 4.69) is 35.6 Å². The molecule has 0 saturated carbocycles. The molecule has 13 nitrogen and oxygen atoms in total. The van der Waals surface area contributed by atoms with Crippen molar-refractivity contribution in [3.8, 4) is 22.3 Å². The number of aryl methyl sites for hydroxylation is 1. The molecule has 4 heterocycles. The fourth-order valence-corrected chi connectivity index (χ4v) is 5.03. The van der Waals surface area contributed by atoms with Crippen LogP contribution in [0.25, 0.3) is 32.0 Å². The fraction of sp³-hybridized carbons (Fsp3) is 0.300. The molecule has 0 spiro atoms. The third kappa shape index (κ3) is 7.74. The first-order valence-corrected chi connectivity index (χ1v) is 14.6. The van der Waals surface area contributed by atoms with Crippen LogP contribution in [0.15, 0.2) is 42.7 Å². The predicted molar refractivity (Wildman–Crippen MR) is 165 cm³/mol. The summed E-state index contributed by atoms with van der Waals surface area (Å²) < 4.78 is 30.9. The number of pyridine rings is 2. The molecule has 15 heteroatoms. The largest absolute Gasteiger partial charge is 0.480 e. The number of thiazole rings is 1. The number of aliphatic hydroxyl groups is 1. The number of aromatic nitrogens is 5. The standard InChI is InChI=1S/C30H30FN7O6S/c1-15-8-18(24-21(9-15)36-23(42-5)12-33-24)27-37-22-10-19(31)26(38-28(22)45-27)43-13-16(2)44-29(40)35-17-6-7-20(32-11-17)25(39)34-14-30(3,4)41/h6-12,16,41H,13-14H2,1-5H3,(H,34,39)(H,35,40)/t16-/m1/s1. The Hall–Kier alpha value is -5.02. The van der Waals surface area contributed by atoms with Crippen molar-refractivity contribution in [1.82, 2.24) is 30.2 Å². The summed E-state index contributed by atoms with van der Waals surface area (Å²) in [5.41, 5.74) is 2.64. The average molecular weight is 636 g/mol. The van der Waals surface area contributed by atoms with Crippen molar-refractivity contribution in [2.75, 3.05) is 25.6 Å². The van der Waals surface area contributed by atoms with Crippen LogP contribution in [0.3, 0.4) is 0 Å². The Kier molecular flexibility index (Phi) is 9.01. The maximum absolute atomic E-state index is 14.9. The number of benzene rings is 1. The average Bonchev–Trinajstić information content (AvgIpc) is 3.40. The molecule has 45 heavy (non-hydrogen) atoms. The van der Waals surface area contributed by atoms with E-state index in [-0.39, 0.29) is 30.4 Å². The van der Waals surface area contributed by atoms with Gasteiger partial charge in [0.1, 0.15) is 33.8 Å². The van der Waals surface area contributed by atoms with Crippen LogP contribution in [0.2, 0.25) is 0 Å². The number of carbonyl (C=O) groups excluding carboxylic acids is 2. The predicted octanol–water partition coefficient (Wildman–Crippen LogP) is 4.67. The third-order valence-corrected chi connectivity index (χ3v) is 7.20. The van der Waals surface area contributed by atoms with E-state index < -0.39 is 29.5 Å². The number of nitrogens with zero attached hydrogens (tertiary/aromatic N) is 5. The monoisotopic (exact) mass is 635 g/mol. The van der Waals surface area contributed by atoms with Gasteiger partial charge in [-0.15, -0.1) is 0 Å². The lowest BCUT2D eigenvalue weighted by atomic mass is 10.1. The number of rotatable bonds is 10. The maximum atomic E-state index is 14.9. The molecular weight excluding hydrogens is 605 g/mol. The first-order chi connectivity index (χ1) is 21.4. The Balaban J connectivity index is 1.20. The van der Waals surface area contributed by atoms with Gasteiger partial charge in [0.05, 0.1) is 41.8 Å². The molecule has 0 unspecified atom stereocenters. The summed E-state index contributed by atoms with van der Waals surface area (Å²) in [6, 6.07) is 7.97. The lowest BCUT2D eigenvalue weighted by Crippen LogP contribution is -2.38. The number of ether oxygens (including phenoxy) is 3. The summed E-state index contributed by atoms with van der Waals surface area (Å²) in [6.45, 7) is 6.52. The van der Waals surface area contributed by atoms with E-state index in [1.807, 2.05) is 19.1 Å². The molecule has 0 saturated heterocycles. The molecule has 2 amide bonds. The Labute approximate surface area is 260 Å². The number of methoxy groups -OCH3 is 1. The van der Waals surface area contributed by atoms with Crippen molar-refractivity contribution in [3.63, 3.8) is 0 Å². The minimum atomic E-state index is -1.07. The van der Waals surface area contributed by atoms with Gasteiger partial charge in [0.15, 0.2) is 5.82 Å². The lowest BCUT2D eigenvalue weighted by molar-refractivity contribution is 0.0692. The van der Waals surface area contributed by atoms with Gasteiger partial charge in [0.25, 0.3) is 11.8 Å². The van der Waals surface area contributed by atoms with Gasteiger partial charge in [-0.1, -0.05) is 11.3 Å². The van der Waals surface area contributed by atoms with Gasteiger partial charge < -0.3 is 24.6 Å². The number of anilines is 1. The molecule has 0 fully saturated rings. The molecule has 234 valence electrons. The molecule has 0 aliphatic heterocycles. The maximum Gasteiger partial charge on any atom is 0.412 e. The Morgan fingerprint density at radius 3 is 2.60 bits per heavy atom. The SMILES string of the molecule is COc1cnc2c(-c3nc4cc(F)c(OC[C@@H](C)OC(=O)Nc5ccc(C(=O)NCC(C)(C)O)nc5)nc4s3)cc(C)cc2n1. The van der Waals surface area contributed by atoms with E-state index >= 15 is 0 Å². The number of amides is 2. The van der Waals surface area contributed by atoms with Crippen LogP contribution in [0, 0.1) is 12.7 Å². The van der Waals surface area contributed by atoms with Gasteiger partial charge in [-0.3, -0.25) is 10.1 Å². The molecule has 0 aliphatic carbocycles. The molecule has 5 aromatic rings. The van der Waals surface area contributed by atoms with E-state index in [1.165, 1.54) is 49.0 Å². The Bertz CT molecular complexity index is 1880. The summed E-state index contributed by atoms with van der Waals surface area (Å²) >= 11 is 1.25. The summed E-state index contributed by atoms with van der Waals surface area (Å²) in [5.74, 6) is -1.05. The van der Waals surface area contributed by atoms with Gasteiger partial charge in [0.2, 0.25) is 5.88 Å². The zero-order chi connectivity index (χ0) is 32.3. The summed E-state index contributed by atoms with van der Waals surface area (Å²) in [4.78, 5) is 46.8. The number of halogens is 1. The topological polar surface area (TPSA) is 171 Å². The highest BCUT2D eigenvalue weighted by molar-refractivity contribution is 7.21. The molecule has 1 aromatic carbocycles. The van der Waals surface area contributed by atoms with E-state index in [0.29, 0.717) is 32.3 Å². The van der Waals surface area contributed by atoms with Crippen molar-refractivity contribution in [1.29, 1.82) is 0 Å². The second kappa shape index (κ2) is 12.9. The van der Waals surface area contributed by atoms with Crippen LogP contribution in [-0.2, 0) is 4.74 Å². The molecule has 5 rings (SSSR count). The van der Waals surface area contributed by atoms with Crippen molar-refractivity contribution in [2.45, 2.75) is 39.4 Å². The second-order valence-corrected chi connectivity index (χ2v) is 11.8. The van der Waals surface area contributed by atoms with Crippen molar-refractivity contribution in [2.24, 2.45) is 0 Å². The van der Waals surface area contributed by atoms with Crippen molar-refractivity contribution in [3.05, 3.63) is 59.8 Å². The van der Waals surface area contributed by atoms with Crippen LogP contribution in [0.1, 0.15) is 36.8 Å². The summed E-state index contributed by atoms with van der Waals surface area (Å²) in [5, 5.41) is 15.4. The fourth-order valence-electron chi connectivity index (χ4n) is 4.10. The van der Waals surface area contributed by atoms with Gasteiger partial charge in [0, 0.05) is 18.2 Å². The molecule has 3 N–H and O–H groups in total. The second-order valence-electron chi connectivity index (χ2n) is 10.8. The first-order valence-electron chi connectivity index (χ1n) is 13.7. The van der Waals surface area contributed by atoms with Gasteiger partial charge >= 0.3 is 6.09 Å². The molecule has 0 bridgehead atoms. The van der Waals surface area contributed by atoms with E-state index in [9.17, 15) is 19.1 Å². The van der Waals surface area contributed by atoms with Gasteiger partial charge in [-0.2, -0.15) is 4.98 Å². The summed E-state index contributed by atoms with van der Waals surface area (Å²) in [7, 11) is 1.52. The minimum Gasteiger partial charge on any atom is -0.480 e. The lowest BCUT2D eigenvalue weighted by Gasteiger charge is -2.17. The minimum absolute atomic E-state index is 0.0507. The third-order valence-electron chi connectivity index (χ3n) is 6.20. The van der Waals surface area contributed by atoms with Gasteiger partial charge in [-0.05, 0) is 57.5 Å². The van der Waals surface area contributed by atoms with Crippen molar-refractivity contribution < 1.29 is 33.3 Å². The summed E-state index contributed by atoms with van der Waals surface area (Å²) in [6.07, 6.45) is 1.25. The van der Waals surface area contributed by atoms with E-state index in [1.54, 1.807) is 20.8 Å².